The number of rotatable bonds is 5. The number of hydrogen-bond donors (Lipinski definition) is 0. The van der Waals surface area contributed by atoms with Gasteiger partial charge in [0.1, 0.15) is 5.78 Å². The van der Waals surface area contributed by atoms with Gasteiger partial charge in [-0.3, -0.25) is 4.79 Å². The molecule has 82 valence electrons. The summed E-state index contributed by atoms with van der Waals surface area (Å²) in [6.07, 6.45) is 10.7. The Morgan fingerprint density at radius 3 is 2.64 bits per heavy atom. The molecule has 0 aromatic heterocycles. The van der Waals surface area contributed by atoms with E-state index in [1.165, 1.54) is 32.1 Å². The zero-order valence-electron chi connectivity index (χ0n) is 9.77. The van der Waals surface area contributed by atoms with Crippen LogP contribution in [0, 0.1) is 5.41 Å². The van der Waals surface area contributed by atoms with Gasteiger partial charge in [-0.05, 0) is 19.3 Å². The lowest BCUT2D eigenvalue weighted by Gasteiger charge is -2.32. The van der Waals surface area contributed by atoms with E-state index in [2.05, 4.69) is 13.8 Å². The van der Waals surface area contributed by atoms with E-state index in [0.717, 1.165) is 25.7 Å². The van der Waals surface area contributed by atoms with Crippen molar-refractivity contribution in [2.75, 3.05) is 0 Å². The van der Waals surface area contributed by atoms with Gasteiger partial charge in [-0.25, -0.2) is 0 Å². The summed E-state index contributed by atoms with van der Waals surface area (Å²) in [6, 6.07) is 0. The average molecular weight is 196 g/mol. The molecule has 0 heterocycles. The molecule has 1 heteroatoms. The van der Waals surface area contributed by atoms with Gasteiger partial charge in [0.25, 0.3) is 0 Å². The molecule has 1 fully saturated rings. The fourth-order valence-electron chi connectivity index (χ4n) is 2.45. The lowest BCUT2D eigenvalue weighted by molar-refractivity contribution is -0.130. The second kappa shape index (κ2) is 5.53. The molecule has 1 rings (SSSR count). The van der Waals surface area contributed by atoms with Crippen LogP contribution in [0.2, 0.25) is 0 Å². The summed E-state index contributed by atoms with van der Waals surface area (Å²) in [5.74, 6) is 0.528. The largest absolute Gasteiger partial charge is 0.299 e. The van der Waals surface area contributed by atoms with E-state index in [4.69, 9.17) is 0 Å². The molecular formula is C13H24O. The third kappa shape index (κ3) is 3.11. The minimum Gasteiger partial charge on any atom is -0.299 e. The fraction of sp³-hybridized carbons (Fsp3) is 0.923. The van der Waals surface area contributed by atoms with Gasteiger partial charge < -0.3 is 0 Å². The zero-order chi connectivity index (χ0) is 10.4. The van der Waals surface area contributed by atoms with Crippen molar-refractivity contribution in [2.24, 2.45) is 5.41 Å². The molecular weight excluding hydrogens is 172 g/mol. The SMILES string of the molecule is CCCCCC[C@]1(C)CCCCC1=O. The highest BCUT2D eigenvalue weighted by atomic mass is 16.1. The van der Waals surface area contributed by atoms with Crippen LogP contribution >= 0.6 is 0 Å². The van der Waals surface area contributed by atoms with Crippen LogP contribution in [0.1, 0.15) is 71.6 Å². The lowest BCUT2D eigenvalue weighted by Crippen LogP contribution is -2.30. The zero-order valence-corrected chi connectivity index (χ0v) is 9.77. The van der Waals surface area contributed by atoms with Crippen molar-refractivity contribution >= 4 is 5.78 Å². The van der Waals surface area contributed by atoms with E-state index in [0.29, 0.717) is 5.78 Å². The average Bonchev–Trinajstić information content (AvgIpc) is 2.18. The van der Waals surface area contributed by atoms with Crippen molar-refractivity contribution in [1.82, 2.24) is 0 Å². The Morgan fingerprint density at radius 1 is 1.21 bits per heavy atom. The van der Waals surface area contributed by atoms with Crippen LogP contribution in [-0.2, 0) is 4.79 Å². The van der Waals surface area contributed by atoms with Gasteiger partial charge in [0.2, 0.25) is 0 Å². The van der Waals surface area contributed by atoms with Gasteiger partial charge in [0.15, 0.2) is 0 Å². The smallest absolute Gasteiger partial charge is 0.138 e. The predicted molar refractivity (Wildman–Crippen MR) is 60.3 cm³/mol. The van der Waals surface area contributed by atoms with E-state index in [9.17, 15) is 4.79 Å². The van der Waals surface area contributed by atoms with Crippen LogP contribution < -0.4 is 0 Å². The Bertz CT molecular complexity index is 186. The van der Waals surface area contributed by atoms with Gasteiger partial charge in [-0.2, -0.15) is 0 Å². The molecule has 0 radical (unpaired) electrons. The molecule has 0 N–H and O–H groups in total. The van der Waals surface area contributed by atoms with Crippen molar-refractivity contribution in [1.29, 1.82) is 0 Å². The molecule has 0 amide bonds. The Morgan fingerprint density at radius 2 is 2.00 bits per heavy atom. The summed E-state index contributed by atoms with van der Waals surface area (Å²) in [5, 5.41) is 0. The summed E-state index contributed by atoms with van der Waals surface area (Å²) in [7, 11) is 0. The van der Waals surface area contributed by atoms with Crippen molar-refractivity contribution in [3.8, 4) is 0 Å². The van der Waals surface area contributed by atoms with E-state index < -0.39 is 0 Å². The molecule has 0 aliphatic heterocycles. The first-order valence-electron chi connectivity index (χ1n) is 6.22. The second-order valence-corrected chi connectivity index (χ2v) is 5.00. The van der Waals surface area contributed by atoms with Crippen LogP contribution in [0.15, 0.2) is 0 Å². The number of carbonyl (C=O) groups is 1. The van der Waals surface area contributed by atoms with Crippen LogP contribution in [0.5, 0.6) is 0 Å². The molecule has 1 saturated carbocycles. The normalized spacial score (nSPS) is 28.0. The first-order chi connectivity index (χ1) is 6.69. The Labute approximate surface area is 88.3 Å². The van der Waals surface area contributed by atoms with Crippen LogP contribution in [0.25, 0.3) is 0 Å². The molecule has 1 atom stereocenters. The van der Waals surface area contributed by atoms with Crippen LogP contribution in [0.4, 0.5) is 0 Å². The lowest BCUT2D eigenvalue weighted by atomic mass is 9.71. The van der Waals surface area contributed by atoms with Crippen molar-refractivity contribution in [2.45, 2.75) is 71.6 Å². The number of hydrogen-bond acceptors (Lipinski definition) is 1. The maximum Gasteiger partial charge on any atom is 0.138 e. The van der Waals surface area contributed by atoms with E-state index in [1.54, 1.807) is 0 Å². The first kappa shape index (κ1) is 11.7. The molecule has 0 aromatic carbocycles. The summed E-state index contributed by atoms with van der Waals surface area (Å²) in [6.45, 7) is 4.41. The van der Waals surface area contributed by atoms with Crippen LogP contribution in [0.3, 0.4) is 0 Å². The number of ketones is 1. The highest BCUT2D eigenvalue weighted by Crippen LogP contribution is 2.37. The second-order valence-electron chi connectivity index (χ2n) is 5.00. The first-order valence-corrected chi connectivity index (χ1v) is 6.22. The Kier molecular flexibility index (Phi) is 4.64. The minimum atomic E-state index is 0.0476. The molecule has 0 spiro atoms. The van der Waals surface area contributed by atoms with Gasteiger partial charge in [-0.1, -0.05) is 46.0 Å². The quantitative estimate of drug-likeness (QED) is 0.605. The number of Topliss-reactive ketones (excluding diaryl/α,β-unsaturated/α-hetero) is 1. The third-order valence-corrected chi connectivity index (χ3v) is 3.64. The van der Waals surface area contributed by atoms with Crippen molar-refractivity contribution in [3.05, 3.63) is 0 Å². The van der Waals surface area contributed by atoms with Crippen LogP contribution in [-0.4, -0.2) is 5.78 Å². The van der Waals surface area contributed by atoms with Gasteiger partial charge in [-0.15, -0.1) is 0 Å². The Hall–Kier alpha value is -0.330. The highest BCUT2D eigenvalue weighted by molar-refractivity contribution is 5.85. The molecule has 1 nitrogen and oxygen atoms in total. The molecule has 0 unspecified atom stereocenters. The summed E-state index contributed by atoms with van der Waals surface area (Å²) in [5.41, 5.74) is 0.0476. The summed E-state index contributed by atoms with van der Waals surface area (Å²) >= 11 is 0. The fourth-order valence-corrected chi connectivity index (χ4v) is 2.45. The van der Waals surface area contributed by atoms with Gasteiger partial charge in [0, 0.05) is 11.8 Å². The topological polar surface area (TPSA) is 17.1 Å². The summed E-state index contributed by atoms with van der Waals surface area (Å²) < 4.78 is 0. The number of carbonyl (C=O) groups excluding carboxylic acids is 1. The van der Waals surface area contributed by atoms with E-state index in [-0.39, 0.29) is 5.41 Å². The molecule has 0 aromatic rings. The van der Waals surface area contributed by atoms with E-state index >= 15 is 0 Å². The molecule has 14 heavy (non-hydrogen) atoms. The van der Waals surface area contributed by atoms with Crippen molar-refractivity contribution in [3.63, 3.8) is 0 Å². The van der Waals surface area contributed by atoms with Gasteiger partial charge in [0.05, 0.1) is 0 Å². The molecule has 1 aliphatic rings. The molecule has 0 saturated heterocycles. The van der Waals surface area contributed by atoms with E-state index in [1.807, 2.05) is 0 Å². The Balaban J connectivity index is 2.28. The highest BCUT2D eigenvalue weighted by Gasteiger charge is 2.33. The third-order valence-electron chi connectivity index (χ3n) is 3.64. The molecule has 1 aliphatic carbocycles. The molecule has 0 bridgehead atoms. The maximum atomic E-state index is 11.8. The summed E-state index contributed by atoms with van der Waals surface area (Å²) in [4.78, 5) is 11.8. The monoisotopic (exact) mass is 196 g/mol. The van der Waals surface area contributed by atoms with Crippen molar-refractivity contribution < 1.29 is 4.79 Å². The maximum absolute atomic E-state index is 11.8. The standard InChI is InChI=1S/C13H24O/c1-3-4-5-7-10-13(2)11-8-6-9-12(13)14/h3-11H2,1-2H3/t13-/m1/s1. The number of unbranched alkanes of at least 4 members (excludes halogenated alkanes) is 3. The predicted octanol–water partition coefficient (Wildman–Crippen LogP) is 4.11. The van der Waals surface area contributed by atoms with Gasteiger partial charge >= 0.3 is 0 Å². The minimum absolute atomic E-state index is 0.0476.